The molecule has 0 aliphatic rings. The standard InChI is InChI=1S/C12H13N3O3/c1-7-8(2)18-11(15-7)6-14-10-5-9(12(16)17)3-4-13-10/h3-5H,6H2,1-2H3,(H,13,14)(H,16,17). The van der Waals surface area contributed by atoms with Crippen molar-refractivity contribution in [2.24, 2.45) is 0 Å². The molecule has 0 aliphatic carbocycles. The number of hydrogen-bond acceptors (Lipinski definition) is 5. The van der Waals surface area contributed by atoms with Crippen LogP contribution in [0.1, 0.15) is 27.7 Å². The van der Waals surface area contributed by atoms with Gasteiger partial charge in [0.25, 0.3) is 0 Å². The molecule has 0 unspecified atom stereocenters. The molecule has 6 nitrogen and oxygen atoms in total. The van der Waals surface area contributed by atoms with E-state index in [4.69, 9.17) is 9.52 Å². The quantitative estimate of drug-likeness (QED) is 0.859. The normalized spacial score (nSPS) is 10.3. The molecule has 94 valence electrons. The van der Waals surface area contributed by atoms with Gasteiger partial charge in [-0.1, -0.05) is 0 Å². The Balaban J connectivity index is 2.06. The molecule has 2 N–H and O–H groups in total. The topological polar surface area (TPSA) is 88.2 Å². The first kappa shape index (κ1) is 12.1. The number of pyridine rings is 1. The van der Waals surface area contributed by atoms with Gasteiger partial charge in [-0.05, 0) is 26.0 Å². The lowest BCUT2D eigenvalue weighted by Gasteiger charge is -2.03. The molecular formula is C12H13N3O3. The summed E-state index contributed by atoms with van der Waals surface area (Å²) in [6, 6.07) is 2.90. The number of nitrogens with zero attached hydrogens (tertiary/aromatic N) is 2. The van der Waals surface area contributed by atoms with E-state index in [0.29, 0.717) is 18.3 Å². The second kappa shape index (κ2) is 4.87. The maximum absolute atomic E-state index is 10.8. The predicted octanol–water partition coefficient (Wildman–Crippen LogP) is 2.00. The first-order valence-corrected chi connectivity index (χ1v) is 5.42. The third-order valence-corrected chi connectivity index (χ3v) is 2.50. The zero-order chi connectivity index (χ0) is 13.1. The molecule has 2 aromatic heterocycles. The van der Waals surface area contributed by atoms with Crippen molar-refractivity contribution in [3.05, 3.63) is 41.2 Å². The second-order valence-corrected chi connectivity index (χ2v) is 3.84. The molecular weight excluding hydrogens is 234 g/mol. The Morgan fingerprint density at radius 2 is 2.28 bits per heavy atom. The molecule has 2 heterocycles. The van der Waals surface area contributed by atoms with Gasteiger partial charge in [-0.25, -0.2) is 14.8 Å². The van der Waals surface area contributed by atoms with Crippen molar-refractivity contribution in [2.75, 3.05) is 5.32 Å². The SMILES string of the molecule is Cc1nc(CNc2cc(C(=O)O)ccn2)oc1C. The van der Waals surface area contributed by atoms with Crippen LogP contribution < -0.4 is 5.32 Å². The highest BCUT2D eigenvalue weighted by molar-refractivity contribution is 5.88. The molecule has 0 aliphatic heterocycles. The van der Waals surface area contributed by atoms with Gasteiger partial charge in [0.1, 0.15) is 11.6 Å². The zero-order valence-corrected chi connectivity index (χ0v) is 10.1. The number of nitrogens with one attached hydrogen (secondary N) is 1. The number of carboxylic acid groups (broad SMARTS) is 1. The van der Waals surface area contributed by atoms with Gasteiger partial charge in [-0.3, -0.25) is 0 Å². The zero-order valence-electron chi connectivity index (χ0n) is 10.1. The van der Waals surface area contributed by atoms with E-state index in [1.54, 1.807) is 0 Å². The minimum absolute atomic E-state index is 0.187. The molecule has 0 saturated heterocycles. The number of aromatic nitrogens is 2. The second-order valence-electron chi connectivity index (χ2n) is 3.84. The van der Waals surface area contributed by atoms with Crippen LogP contribution in [0.3, 0.4) is 0 Å². The van der Waals surface area contributed by atoms with Crippen LogP contribution in [0.15, 0.2) is 22.7 Å². The van der Waals surface area contributed by atoms with E-state index in [9.17, 15) is 4.79 Å². The number of aromatic carboxylic acids is 1. The van der Waals surface area contributed by atoms with Crippen molar-refractivity contribution < 1.29 is 14.3 Å². The highest BCUT2D eigenvalue weighted by atomic mass is 16.4. The van der Waals surface area contributed by atoms with Crippen molar-refractivity contribution in [3.63, 3.8) is 0 Å². The number of carbonyl (C=O) groups is 1. The highest BCUT2D eigenvalue weighted by Gasteiger charge is 2.07. The molecule has 2 aromatic rings. The molecule has 0 amide bonds. The van der Waals surface area contributed by atoms with E-state index < -0.39 is 5.97 Å². The molecule has 0 bridgehead atoms. The number of oxazole rings is 1. The van der Waals surface area contributed by atoms with Crippen LogP contribution in [0.25, 0.3) is 0 Å². The van der Waals surface area contributed by atoms with Crippen molar-refractivity contribution in [1.82, 2.24) is 9.97 Å². The van der Waals surface area contributed by atoms with Gasteiger partial charge in [0.15, 0.2) is 0 Å². The van der Waals surface area contributed by atoms with E-state index in [0.717, 1.165) is 11.5 Å². The molecule has 6 heteroatoms. The molecule has 0 atom stereocenters. The van der Waals surface area contributed by atoms with E-state index in [1.165, 1.54) is 18.3 Å². The molecule has 0 aromatic carbocycles. The van der Waals surface area contributed by atoms with E-state index >= 15 is 0 Å². The number of anilines is 1. The first-order valence-electron chi connectivity index (χ1n) is 5.42. The third-order valence-electron chi connectivity index (χ3n) is 2.50. The largest absolute Gasteiger partial charge is 0.478 e. The monoisotopic (exact) mass is 247 g/mol. The first-order chi connectivity index (χ1) is 8.56. The molecule has 0 spiro atoms. The van der Waals surface area contributed by atoms with E-state index in [1.807, 2.05) is 13.8 Å². The van der Waals surface area contributed by atoms with Gasteiger partial charge in [0, 0.05) is 6.20 Å². The van der Waals surface area contributed by atoms with E-state index in [2.05, 4.69) is 15.3 Å². The van der Waals surface area contributed by atoms with Gasteiger partial charge in [-0.2, -0.15) is 0 Å². The van der Waals surface area contributed by atoms with Crippen LogP contribution in [0.4, 0.5) is 5.82 Å². The van der Waals surface area contributed by atoms with Crippen LogP contribution in [0.5, 0.6) is 0 Å². The van der Waals surface area contributed by atoms with Crippen LogP contribution in [0.2, 0.25) is 0 Å². The summed E-state index contributed by atoms with van der Waals surface area (Å²) in [4.78, 5) is 19.0. The minimum Gasteiger partial charge on any atom is -0.478 e. The maximum atomic E-state index is 10.8. The Labute approximate surface area is 104 Å². The van der Waals surface area contributed by atoms with Gasteiger partial charge >= 0.3 is 5.97 Å². The smallest absolute Gasteiger partial charge is 0.335 e. The number of hydrogen-bond donors (Lipinski definition) is 2. The maximum Gasteiger partial charge on any atom is 0.335 e. The van der Waals surface area contributed by atoms with Crippen LogP contribution in [-0.2, 0) is 6.54 Å². The van der Waals surface area contributed by atoms with Crippen molar-refractivity contribution in [2.45, 2.75) is 20.4 Å². The number of carboxylic acids is 1. The van der Waals surface area contributed by atoms with Gasteiger partial charge in [0.2, 0.25) is 5.89 Å². The Kier molecular flexibility index (Phi) is 3.27. The Morgan fingerprint density at radius 3 is 2.89 bits per heavy atom. The summed E-state index contributed by atoms with van der Waals surface area (Å²) in [5.74, 6) is 0.818. The summed E-state index contributed by atoms with van der Waals surface area (Å²) < 4.78 is 5.40. The van der Waals surface area contributed by atoms with Crippen LogP contribution >= 0.6 is 0 Å². The van der Waals surface area contributed by atoms with Gasteiger partial charge in [-0.15, -0.1) is 0 Å². The van der Waals surface area contributed by atoms with E-state index in [-0.39, 0.29) is 5.56 Å². The Bertz CT molecular complexity index is 558. The van der Waals surface area contributed by atoms with Crippen LogP contribution in [0, 0.1) is 13.8 Å². The van der Waals surface area contributed by atoms with Crippen molar-refractivity contribution in [3.8, 4) is 0 Å². The fourth-order valence-electron chi connectivity index (χ4n) is 1.44. The lowest BCUT2D eigenvalue weighted by atomic mass is 10.2. The molecule has 2 rings (SSSR count). The summed E-state index contributed by atoms with van der Waals surface area (Å²) in [6.45, 7) is 4.07. The summed E-state index contributed by atoms with van der Waals surface area (Å²) in [7, 11) is 0. The number of aryl methyl sites for hydroxylation is 2. The lowest BCUT2D eigenvalue weighted by Crippen LogP contribution is -2.04. The summed E-state index contributed by atoms with van der Waals surface area (Å²) in [5, 5.41) is 11.8. The third kappa shape index (κ3) is 2.65. The molecule has 0 radical (unpaired) electrons. The summed E-state index contributed by atoms with van der Waals surface area (Å²) >= 11 is 0. The predicted molar refractivity (Wildman–Crippen MR) is 64.5 cm³/mol. The average molecular weight is 247 g/mol. The Hall–Kier alpha value is -2.37. The van der Waals surface area contributed by atoms with Crippen molar-refractivity contribution >= 4 is 11.8 Å². The molecule has 0 fully saturated rings. The van der Waals surface area contributed by atoms with Crippen LogP contribution in [-0.4, -0.2) is 21.0 Å². The Morgan fingerprint density at radius 1 is 1.50 bits per heavy atom. The van der Waals surface area contributed by atoms with Crippen molar-refractivity contribution in [1.29, 1.82) is 0 Å². The van der Waals surface area contributed by atoms with Gasteiger partial charge < -0.3 is 14.8 Å². The molecule has 0 saturated carbocycles. The highest BCUT2D eigenvalue weighted by Crippen LogP contribution is 2.11. The minimum atomic E-state index is -0.983. The lowest BCUT2D eigenvalue weighted by molar-refractivity contribution is 0.0697. The fraction of sp³-hybridized carbons (Fsp3) is 0.250. The fourth-order valence-corrected chi connectivity index (χ4v) is 1.44. The van der Waals surface area contributed by atoms with Gasteiger partial charge in [0.05, 0.1) is 17.8 Å². The average Bonchev–Trinajstić information content (AvgIpc) is 2.67. The molecule has 18 heavy (non-hydrogen) atoms. The number of rotatable bonds is 4. The summed E-state index contributed by atoms with van der Waals surface area (Å²) in [6.07, 6.45) is 1.44. The summed E-state index contributed by atoms with van der Waals surface area (Å²) in [5.41, 5.74) is 1.03.